The van der Waals surface area contributed by atoms with E-state index >= 15 is 0 Å². The van der Waals surface area contributed by atoms with Crippen molar-refractivity contribution < 1.29 is 13.2 Å². The number of rotatable bonds is 5. The van der Waals surface area contributed by atoms with Gasteiger partial charge in [-0.25, -0.2) is 13.6 Å². The van der Waals surface area contributed by atoms with Crippen LogP contribution in [0, 0.1) is 0 Å². The lowest BCUT2D eigenvalue weighted by Gasteiger charge is -2.12. The monoisotopic (exact) mass is 358 g/mol. The molecule has 1 rings (SSSR count). The lowest BCUT2D eigenvalue weighted by Crippen LogP contribution is -2.26. The molecule has 0 aromatic heterocycles. The van der Waals surface area contributed by atoms with E-state index in [1.54, 1.807) is 0 Å². The van der Waals surface area contributed by atoms with Crippen LogP contribution in [0.5, 0.6) is 0 Å². The lowest BCUT2D eigenvalue weighted by molar-refractivity contribution is 0.0953. The number of nitrogens with one attached hydrogen (secondary N) is 1. The minimum atomic E-state index is -4.11. The number of sulfonamides is 1. The third kappa shape index (κ3) is 3.99. The molecule has 0 aliphatic heterocycles. The molecule has 0 bridgehead atoms. The molecule has 1 amide bonds. The first kappa shape index (κ1) is 17.5. The molecule has 3 N–H and O–H groups in total. The Hall–Kier alpha value is -0.530. The van der Waals surface area contributed by atoms with E-state index in [1.165, 1.54) is 0 Å². The summed E-state index contributed by atoms with van der Waals surface area (Å²) in [5.74, 6) is -0.596. The second kappa shape index (κ2) is 6.95. The average Bonchev–Trinajstić information content (AvgIpc) is 2.33. The summed E-state index contributed by atoms with van der Waals surface area (Å²) in [5.41, 5.74) is -0.194. The fourth-order valence-corrected chi connectivity index (χ4v) is 3.20. The van der Waals surface area contributed by atoms with Crippen molar-refractivity contribution in [3.8, 4) is 0 Å². The normalized spacial score (nSPS) is 11.4. The maximum absolute atomic E-state index is 12.0. The van der Waals surface area contributed by atoms with Crippen molar-refractivity contribution in [3.63, 3.8) is 0 Å². The molecule has 5 nitrogen and oxygen atoms in total. The molecule has 1 aromatic rings. The van der Waals surface area contributed by atoms with Crippen molar-refractivity contribution >= 4 is 50.7 Å². The van der Waals surface area contributed by atoms with Gasteiger partial charge in [0.25, 0.3) is 5.91 Å². The SMILES string of the molecule is CCCCNC(=O)c1c(Cl)c(Cl)cc(S(N)(=O)=O)c1Cl. The van der Waals surface area contributed by atoms with Crippen LogP contribution in [0.25, 0.3) is 0 Å². The van der Waals surface area contributed by atoms with E-state index in [1.807, 2.05) is 6.92 Å². The molecule has 0 aliphatic carbocycles. The van der Waals surface area contributed by atoms with Crippen LogP contribution in [0.4, 0.5) is 0 Å². The van der Waals surface area contributed by atoms with Crippen LogP contribution in [0.1, 0.15) is 30.1 Å². The number of amides is 1. The number of hydrogen-bond donors (Lipinski definition) is 2. The fraction of sp³-hybridized carbons (Fsp3) is 0.364. The van der Waals surface area contributed by atoms with Gasteiger partial charge < -0.3 is 5.32 Å². The van der Waals surface area contributed by atoms with Gasteiger partial charge in [-0.05, 0) is 12.5 Å². The first-order valence-corrected chi connectivity index (χ1v) is 8.36. The zero-order valence-corrected chi connectivity index (χ0v) is 13.6. The van der Waals surface area contributed by atoms with Gasteiger partial charge >= 0.3 is 0 Å². The van der Waals surface area contributed by atoms with Gasteiger partial charge in [-0.3, -0.25) is 4.79 Å². The highest BCUT2D eigenvalue weighted by molar-refractivity contribution is 7.89. The molecule has 1 aromatic carbocycles. The van der Waals surface area contributed by atoms with Gasteiger partial charge in [0.2, 0.25) is 10.0 Å². The van der Waals surface area contributed by atoms with Crippen molar-refractivity contribution in [1.82, 2.24) is 5.32 Å². The summed E-state index contributed by atoms with van der Waals surface area (Å²) < 4.78 is 22.8. The molecule has 0 aliphatic rings. The standard InChI is InChI=1S/C11H13Cl3N2O3S/c1-2-3-4-16-11(17)8-9(13)6(12)5-7(10(8)14)20(15,18)19/h5H,2-4H2,1H3,(H,16,17)(H2,15,18,19). The molecule has 0 spiro atoms. The van der Waals surface area contributed by atoms with E-state index in [0.29, 0.717) is 6.54 Å². The summed E-state index contributed by atoms with van der Waals surface area (Å²) in [6.07, 6.45) is 1.66. The van der Waals surface area contributed by atoms with Gasteiger partial charge in [0.05, 0.1) is 20.6 Å². The first-order chi connectivity index (χ1) is 9.20. The van der Waals surface area contributed by atoms with Gasteiger partial charge in [0, 0.05) is 6.54 Å². The van der Waals surface area contributed by atoms with Crippen LogP contribution < -0.4 is 10.5 Å². The number of primary sulfonamides is 1. The highest BCUT2D eigenvalue weighted by Crippen LogP contribution is 2.36. The zero-order chi connectivity index (χ0) is 15.5. The Morgan fingerprint density at radius 3 is 2.40 bits per heavy atom. The first-order valence-electron chi connectivity index (χ1n) is 5.68. The maximum Gasteiger partial charge on any atom is 0.254 e. The van der Waals surface area contributed by atoms with Crippen LogP contribution in [-0.2, 0) is 10.0 Å². The molecule has 0 saturated heterocycles. The largest absolute Gasteiger partial charge is 0.352 e. The van der Waals surface area contributed by atoms with Gasteiger partial charge in [-0.1, -0.05) is 48.1 Å². The van der Waals surface area contributed by atoms with Crippen molar-refractivity contribution in [1.29, 1.82) is 0 Å². The Morgan fingerprint density at radius 2 is 1.90 bits per heavy atom. The molecular formula is C11H13Cl3N2O3S. The Bertz CT molecular complexity index is 632. The van der Waals surface area contributed by atoms with Gasteiger partial charge in [-0.15, -0.1) is 0 Å². The minimum Gasteiger partial charge on any atom is -0.352 e. The van der Waals surface area contributed by atoms with E-state index in [-0.39, 0.29) is 20.6 Å². The summed E-state index contributed by atoms with van der Waals surface area (Å²) in [7, 11) is -4.11. The maximum atomic E-state index is 12.0. The Balaban J connectivity index is 3.32. The van der Waals surface area contributed by atoms with E-state index in [0.717, 1.165) is 18.9 Å². The number of nitrogens with two attached hydrogens (primary N) is 1. The van der Waals surface area contributed by atoms with E-state index in [2.05, 4.69) is 5.32 Å². The second-order valence-corrected chi connectivity index (χ2v) is 6.71. The predicted molar refractivity (Wildman–Crippen MR) is 80.1 cm³/mol. The summed E-state index contributed by atoms with van der Waals surface area (Å²) in [6.45, 7) is 2.38. The number of unbranched alkanes of at least 4 members (excludes halogenated alkanes) is 1. The molecule has 0 heterocycles. The molecule has 9 heteroatoms. The van der Waals surface area contributed by atoms with E-state index in [9.17, 15) is 13.2 Å². The molecule has 20 heavy (non-hydrogen) atoms. The van der Waals surface area contributed by atoms with Crippen molar-refractivity contribution in [3.05, 3.63) is 26.7 Å². The number of halogens is 3. The van der Waals surface area contributed by atoms with Crippen molar-refractivity contribution in [2.24, 2.45) is 5.14 Å². The molecule has 0 unspecified atom stereocenters. The van der Waals surface area contributed by atoms with Gasteiger partial charge in [0.1, 0.15) is 4.90 Å². The number of carbonyl (C=O) groups excluding carboxylic acids is 1. The van der Waals surface area contributed by atoms with Crippen molar-refractivity contribution in [2.75, 3.05) is 6.54 Å². The topological polar surface area (TPSA) is 89.3 Å². The predicted octanol–water partition coefficient (Wildman–Crippen LogP) is 2.82. The minimum absolute atomic E-state index is 0.110. The lowest BCUT2D eigenvalue weighted by atomic mass is 10.2. The van der Waals surface area contributed by atoms with Gasteiger partial charge in [-0.2, -0.15) is 0 Å². The molecule has 0 radical (unpaired) electrons. The fourth-order valence-electron chi connectivity index (χ4n) is 1.45. The van der Waals surface area contributed by atoms with Crippen molar-refractivity contribution in [2.45, 2.75) is 24.7 Å². The van der Waals surface area contributed by atoms with Crippen LogP contribution in [0.2, 0.25) is 15.1 Å². The smallest absolute Gasteiger partial charge is 0.254 e. The molecule has 0 atom stereocenters. The van der Waals surface area contributed by atoms with Crippen LogP contribution in [0.3, 0.4) is 0 Å². The number of carbonyl (C=O) groups is 1. The molecular weight excluding hydrogens is 347 g/mol. The molecule has 0 saturated carbocycles. The van der Waals surface area contributed by atoms with E-state index in [4.69, 9.17) is 39.9 Å². The summed E-state index contributed by atoms with van der Waals surface area (Å²) >= 11 is 17.6. The highest BCUT2D eigenvalue weighted by Gasteiger charge is 2.25. The highest BCUT2D eigenvalue weighted by atomic mass is 35.5. The molecule has 0 fully saturated rings. The third-order valence-corrected chi connectivity index (χ3v) is 4.70. The second-order valence-electron chi connectivity index (χ2n) is 4.01. The summed E-state index contributed by atoms with van der Waals surface area (Å²) in [6, 6.07) is 1.02. The van der Waals surface area contributed by atoms with Gasteiger partial charge in [0.15, 0.2) is 0 Å². The van der Waals surface area contributed by atoms with Crippen LogP contribution >= 0.6 is 34.8 Å². The molecule has 112 valence electrons. The van der Waals surface area contributed by atoms with Crippen LogP contribution in [0.15, 0.2) is 11.0 Å². The Labute approximate surface area is 132 Å². The zero-order valence-electron chi connectivity index (χ0n) is 10.5. The number of benzene rings is 1. The van der Waals surface area contributed by atoms with Crippen LogP contribution in [-0.4, -0.2) is 20.9 Å². The number of hydrogen-bond acceptors (Lipinski definition) is 3. The third-order valence-electron chi connectivity index (χ3n) is 2.47. The Morgan fingerprint density at radius 1 is 1.30 bits per heavy atom. The van der Waals surface area contributed by atoms with E-state index < -0.39 is 20.8 Å². The Kier molecular flexibility index (Phi) is 6.09. The summed E-state index contributed by atoms with van der Waals surface area (Å²) in [5, 5.41) is 7.05. The summed E-state index contributed by atoms with van der Waals surface area (Å²) in [4.78, 5) is 11.6. The quantitative estimate of drug-likeness (QED) is 0.626. The average molecular weight is 360 g/mol.